The third-order valence-corrected chi connectivity index (χ3v) is 4.09. The maximum absolute atomic E-state index is 12.2. The van der Waals surface area contributed by atoms with Gasteiger partial charge in [-0.05, 0) is 42.1 Å². The molecule has 1 aromatic heterocycles. The van der Waals surface area contributed by atoms with Crippen LogP contribution in [0.2, 0.25) is 5.02 Å². The van der Waals surface area contributed by atoms with Crippen LogP contribution in [-0.4, -0.2) is 5.78 Å². The van der Waals surface area contributed by atoms with Crippen LogP contribution in [0.15, 0.2) is 34.1 Å². The van der Waals surface area contributed by atoms with E-state index in [1.807, 2.05) is 30.5 Å². The molecule has 0 fully saturated rings. The molecule has 0 unspecified atom stereocenters. The molecule has 0 aliphatic carbocycles. The molecule has 0 atom stereocenters. The standard InChI is InChI=1S/C12H8BrClOS/c1-7-6-8(13)2-3-9(7)11(15)12-10(14)4-5-16-12/h2-6H,1H3. The van der Waals surface area contributed by atoms with Crippen LogP contribution in [0.3, 0.4) is 0 Å². The number of ketones is 1. The summed E-state index contributed by atoms with van der Waals surface area (Å²) in [5.41, 5.74) is 1.65. The van der Waals surface area contributed by atoms with E-state index in [4.69, 9.17) is 11.6 Å². The lowest BCUT2D eigenvalue weighted by molar-refractivity contribution is 0.104. The number of carbonyl (C=O) groups is 1. The highest BCUT2D eigenvalue weighted by atomic mass is 79.9. The minimum absolute atomic E-state index is 0.00926. The molecule has 1 heterocycles. The van der Waals surface area contributed by atoms with Gasteiger partial charge in [0.05, 0.1) is 9.90 Å². The van der Waals surface area contributed by atoms with Gasteiger partial charge in [-0.2, -0.15) is 0 Å². The molecule has 0 amide bonds. The lowest BCUT2D eigenvalue weighted by Gasteiger charge is -2.04. The van der Waals surface area contributed by atoms with Gasteiger partial charge in [-0.1, -0.05) is 27.5 Å². The lowest BCUT2D eigenvalue weighted by atomic mass is 10.0. The van der Waals surface area contributed by atoms with Gasteiger partial charge >= 0.3 is 0 Å². The predicted molar refractivity (Wildman–Crippen MR) is 71.6 cm³/mol. The number of hydrogen-bond donors (Lipinski definition) is 0. The predicted octanol–water partition coefficient (Wildman–Crippen LogP) is 4.70. The Labute approximate surface area is 111 Å². The highest BCUT2D eigenvalue weighted by Gasteiger charge is 2.16. The second kappa shape index (κ2) is 4.70. The summed E-state index contributed by atoms with van der Waals surface area (Å²) in [5, 5.41) is 2.35. The van der Waals surface area contributed by atoms with Crippen molar-refractivity contribution in [2.75, 3.05) is 0 Å². The highest BCUT2D eigenvalue weighted by molar-refractivity contribution is 9.10. The topological polar surface area (TPSA) is 17.1 Å². The van der Waals surface area contributed by atoms with Crippen molar-refractivity contribution in [2.45, 2.75) is 6.92 Å². The third kappa shape index (κ3) is 2.21. The van der Waals surface area contributed by atoms with Gasteiger partial charge in [0, 0.05) is 10.0 Å². The smallest absolute Gasteiger partial charge is 0.204 e. The molecule has 0 saturated carbocycles. The van der Waals surface area contributed by atoms with Crippen LogP contribution in [0.4, 0.5) is 0 Å². The van der Waals surface area contributed by atoms with Crippen molar-refractivity contribution >= 4 is 44.7 Å². The van der Waals surface area contributed by atoms with Crippen LogP contribution < -0.4 is 0 Å². The van der Waals surface area contributed by atoms with Crippen molar-refractivity contribution in [1.82, 2.24) is 0 Å². The van der Waals surface area contributed by atoms with Crippen molar-refractivity contribution in [3.05, 3.63) is 55.1 Å². The molecule has 1 aromatic carbocycles. The molecular weight excluding hydrogens is 308 g/mol. The Hall–Kier alpha value is -0.640. The first kappa shape index (κ1) is 11.8. The normalized spacial score (nSPS) is 10.4. The summed E-state index contributed by atoms with van der Waals surface area (Å²) >= 11 is 10.7. The number of carbonyl (C=O) groups excluding carboxylic acids is 1. The van der Waals surface area contributed by atoms with Crippen LogP contribution in [0.25, 0.3) is 0 Å². The zero-order valence-corrected chi connectivity index (χ0v) is 11.6. The maximum atomic E-state index is 12.2. The van der Waals surface area contributed by atoms with Gasteiger partial charge in [0.15, 0.2) is 0 Å². The second-order valence-corrected chi connectivity index (χ2v) is 5.63. The van der Waals surface area contributed by atoms with Gasteiger partial charge in [-0.15, -0.1) is 11.3 Å². The Bertz CT molecular complexity index is 548. The number of hydrogen-bond acceptors (Lipinski definition) is 2. The summed E-state index contributed by atoms with van der Waals surface area (Å²) in [6.07, 6.45) is 0. The Morgan fingerprint density at radius 2 is 2.12 bits per heavy atom. The van der Waals surface area contributed by atoms with E-state index >= 15 is 0 Å². The van der Waals surface area contributed by atoms with Gasteiger partial charge in [0.2, 0.25) is 5.78 Å². The molecule has 82 valence electrons. The van der Waals surface area contributed by atoms with E-state index < -0.39 is 0 Å². The SMILES string of the molecule is Cc1cc(Br)ccc1C(=O)c1sccc1Cl. The van der Waals surface area contributed by atoms with Crippen LogP contribution in [0.1, 0.15) is 20.8 Å². The zero-order valence-electron chi connectivity index (χ0n) is 8.46. The molecule has 16 heavy (non-hydrogen) atoms. The first-order valence-corrected chi connectivity index (χ1v) is 6.68. The second-order valence-electron chi connectivity index (χ2n) is 3.39. The molecule has 0 bridgehead atoms. The van der Waals surface area contributed by atoms with E-state index in [0.29, 0.717) is 15.5 Å². The molecular formula is C12H8BrClOS. The summed E-state index contributed by atoms with van der Waals surface area (Å²) in [6, 6.07) is 7.35. The van der Waals surface area contributed by atoms with E-state index in [-0.39, 0.29) is 5.78 Å². The van der Waals surface area contributed by atoms with Gasteiger partial charge in [-0.25, -0.2) is 0 Å². The van der Waals surface area contributed by atoms with Crippen molar-refractivity contribution in [2.24, 2.45) is 0 Å². The van der Waals surface area contributed by atoms with E-state index in [2.05, 4.69) is 15.9 Å². The van der Waals surface area contributed by atoms with Gasteiger partial charge in [-0.3, -0.25) is 4.79 Å². The van der Waals surface area contributed by atoms with Crippen LogP contribution >= 0.6 is 38.9 Å². The fraction of sp³-hybridized carbons (Fsp3) is 0.0833. The maximum Gasteiger partial charge on any atom is 0.204 e. The third-order valence-electron chi connectivity index (χ3n) is 2.26. The Kier molecular flexibility index (Phi) is 3.47. The number of halogens is 2. The van der Waals surface area contributed by atoms with E-state index in [9.17, 15) is 4.79 Å². The van der Waals surface area contributed by atoms with Crippen molar-refractivity contribution < 1.29 is 4.79 Å². The minimum Gasteiger partial charge on any atom is -0.288 e. The summed E-state index contributed by atoms with van der Waals surface area (Å²) < 4.78 is 0.971. The Morgan fingerprint density at radius 1 is 1.38 bits per heavy atom. The molecule has 2 rings (SSSR count). The molecule has 0 radical (unpaired) electrons. The van der Waals surface area contributed by atoms with Gasteiger partial charge in [0.25, 0.3) is 0 Å². The zero-order chi connectivity index (χ0) is 11.7. The largest absolute Gasteiger partial charge is 0.288 e. The van der Waals surface area contributed by atoms with Crippen LogP contribution in [0, 0.1) is 6.92 Å². The average Bonchev–Trinajstić information content (AvgIpc) is 2.63. The minimum atomic E-state index is -0.00926. The van der Waals surface area contributed by atoms with E-state index in [1.54, 1.807) is 6.07 Å². The van der Waals surface area contributed by atoms with Crippen LogP contribution in [-0.2, 0) is 0 Å². The van der Waals surface area contributed by atoms with Crippen molar-refractivity contribution in [1.29, 1.82) is 0 Å². The Balaban J connectivity index is 2.46. The highest BCUT2D eigenvalue weighted by Crippen LogP contribution is 2.27. The molecule has 2 aromatic rings. The monoisotopic (exact) mass is 314 g/mol. The van der Waals surface area contributed by atoms with Crippen molar-refractivity contribution in [3.8, 4) is 0 Å². The van der Waals surface area contributed by atoms with Gasteiger partial charge in [0.1, 0.15) is 0 Å². The van der Waals surface area contributed by atoms with E-state index in [0.717, 1.165) is 10.0 Å². The quantitative estimate of drug-likeness (QED) is 0.734. The lowest BCUT2D eigenvalue weighted by Crippen LogP contribution is -2.01. The van der Waals surface area contributed by atoms with Crippen molar-refractivity contribution in [3.63, 3.8) is 0 Å². The first-order chi connectivity index (χ1) is 7.59. The van der Waals surface area contributed by atoms with Crippen LogP contribution in [0.5, 0.6) is 0 Å². The fourth-order valence-corrected chi connectivity index (χ4v) is 3.03. The summed E-state index contributed by atoms with van der Waals surface area (Å²) in [4.78, 5) is 12.8. The summed E-state index contributed by atoms with van der Waals surface area (Å²) in [7, 11) is 0. The molecule has 0 aliphatic heterocycles. The molecule has 0 N–H and O–H groups in total. The number of thiophene rings is 1. The molecule has 0 spiro atoms. The summed E-state index contributed by atoms with van der Waals surface area (Å²) in [6.45, 7) is 1.92. The molecule has 1 nitrogen and oxygen atoms in total. The van der Waals surface area contributed by atoms with Gasteiger partial charge < -0.3 is 0 Å². The summed E-state index contributed by atoms with van der Waals surface area (Å²) in [5.74, 6) is -0.00926. The number of rotatable bonds is 2. The average molecular weight is 316 g/mol. The molecule has 4 heteroatoms. The fourth-order valence-electron chi connectivity index (χ4n) is 1.46. The molecule has 0 saturated heterocycles. The number of benzene rings is 1. The number of aryl methyl sites for hydroxylation is 1. The first-order valence-electron chi connectivity index (χ1n) is 4.63. The molecule has 0 aliphatic rings. The van der Waals surface area contributed by atoms with E-state index in [1.165, 1.54) is 11.3 Å². The Morgan fingerprint density at radius 3 is 2.69 bits per heavy atom.